The van der Waals surface area contributed by atoms with Gasteiger partial charge in [-0.2, -0.15) is 4.31 Å². The molecule has 1 aromatic heterocycles. The second-order valence-electron chi connectivity index (χ2n) is 7.05. The smallest absolute Gasteiger partial charge is 0.243 e. The molecule has 1 fully saturated rings. The van der Waals surface area contributed by atoms with Crippen LogP contribution in [0.1, 0.15) is 5.56 Å². The van der Waals surface area contributed by atoms with E-state index < -0.39 is 15.8 Å². The van der Waals surface area contributed by atoms with Crippen molar-refractivity contribution in [2.45, 2.75) is 11.8 Å². The molecule has 0 amide bonds. The zero-order valence-corrected chi connectivity index (χ0v) is 18.3. The maximum absolute atomic E-state index is 14.0. The molecule has 0 saturated carbocycles. The van der Waals surface area contributed by atoms with E-state index in [0.717, 1.165) is 0 Å². The van der Waals surface area contributed by atoms with Gasteiger partial charge in [0.05, 0.1) is 29.5 Å². The van der Waals surface area contributed by atoms with Gasteiger partial charge in [0, 0.05) is 23.7 Å². The SMILES string of the molecule is Cc1ccc(-c2ccc(Nc3ccc(Cl)cc3F)nn2)cc1S(=O)(=O)N1CCOCC1. The molecule has 0 spiro atoms. The highest BCUT2D eigenvalue weighted by atomic mass is 35.5. The number of hydrogen-bond acceptors (Lipinski definition) is 6. The summed E-state index contributed by atoms with van der Waals surface area (Å²) >= 11 is 5.77. The quantitative estimate of drug-likeness (QED) is 0.616. The highest BCUT2D eigenvalue weighted by Crippen LogP contribution is 2.27. The van der Waals surface area contributed by atoms with Crippen LogP contribution in [0, 0.1) is 12.7 Å². The van der Waals surface area contributed by atoms with Crippen molar-refractivity contribution in [3.63, 3.8) is 0 Å². The van der Waals surface area contributed by atoms with Crippen LogP contribution in [0.4, 0.5) is 15.9 Å². The summed E-state index contributed by atoms with van der Waals surface area (Å²) < 4.78 is 46.8. The van der Waals surface area contributed by atoms with E-state index in [-0.39, 0.29) is 10.6 Å². The van der Waals surface area contributed by atoms with E-state index in [1.807, 2.05) is 0 Å². The molecule has 162 valence electrons. The molecule has 1 saturated heterocycles. The Labute approximate surface area is 184 Å². The van der Waals surface area contributed by atoms with Gasteiger partial charge in [0.1, 0.15) is 5.82 Å². The average molecular weight is 463 g/mol. The minimum Gasteiger partial charge on any atom is -0.379 e. The van der Waals surface area contributed by atoms with Crippen molar-refractivity contribution in [3.05, 3.63) is 64.9 Å². The Hall–Kier alpha value is -2.59. The molecule has 0 radical (unpaired) electrons. The number of ether oxygens (including phenoxy) is 1. The fourth-order valence-corrected chi connectivity index (χ4v) is 5.06. The van der Waals surface area contributed by atoms with Crippen molar-refractivity contribution < 1.29 is 17.5 Å². The van der Waals surface area contributed by atoms with Crippen molar-refractivity contribution in [2.75, 3.05) is 31.6 Å². The summed E-state index contributed by atoms with van der Waals surface area (Å²) in [7, 11) is -3.64. The zero-order valence-electron chi connectivity index (χ0n) is 16.7. The number of aryl methyl sites for hydroxylation is 1. The van der Waals surface area contributed by atoms with Crippen LogP contribution >= 0.6 is 11.6 Å². The summed E-state index contributed by atoms with van der Waals surface area (Å²) in [5.41, 5.74) is 2.00. The minimum atomic E-state index is -3.64. The van der Waals surface area contributed by atoms with Gasteiger partial charge in [-0.15, -0.1) is 10.2 Å². The maximum atomic E-state index is 14.0. The number of benzene rings is 2. The van der Waals surface area contributed by atoms with E-state index in [0.29, 0.717) is 54.0 Å². The first-order valence-corrected chi connectivity index (χ1v) is 11.4. The van der Waals surface area contributed by atoms with Crippen LogP contribution < -0.4 is 5.32 Å². The summed E-state index contributed by atoms with van der Waals surface area (Å²) in [5, 5.41) is 11.4. The first kappa shape index (κ1) is 21.6. The second-order valence-corrected chi connectivity index (χ2v) is 9.39. The Morgan fingerprint density at radius 2 is 1.84 bits per heavy atom. The van der Waals surface area contributed by atoms with E-state index in [1.165, 1.54) is 16.4 Å². The highest BCUT2D eigenvalue weighted by Gasteiger charge is 2.28. The summed E-state index contributed by atoms with van der Waals surface area (Å²) in [6.45, 7) is 3.18. The predicted molar refractivity (Wildman–Crippen MR) is 116 cm³/mol. The van der Waals surface area contributed by atoms with Gasteiger partial charge >= 0.3 is 0 Å². The molecular formula is C21H20ClFN4O3S. The molecule has 1 aliphatic heterocycles. The van der Waals surface area contributed by atoms with E-state index >= 15 is 0 Å². The lowest BCUT2D eigenvalue weighted by molar-refractivity contribution is 0.0730. The van der Waals surface area contributed by atoms with Gasteiger partial charge in [0.25, 0.3) is 0 Å². The zero-order chi connectivity index (χ0) is 22.0. The van der Waals surface area contributed by atoms with Crippen LogP contribution in [0.5, 0.6) is 0 Å². The van der Waals surface area contributed by atoms with Crippen molar-refractivity contribution in [1.82, 2.24) is 14.5 Å². The summed E-state index contributed by atoms with van der Waals surface area (Å²) in [4.78, 5) is 0.235. The molecule has 0 atom stereocenters. The molecule has 31 heavy (non-hydrogen) atoms. The van der Waals surface area contributed by atoms with Crippen LogP contribution in [0.3, 0.4) is 0 Å². The topological polar surface area (TPSA) is 84.4 Å². The third-order valence-corrected chi connectivity index (χ3v) is 7.21. The molecule has 1 N–H and O–H groups in total. The number of aromatic nitrogens is 2. The molecule has 2 aromatic carbocycles. The molecule has 7 nitrogen and oxygen atoms in total. The average Bonchev–Trinajstić information content (AvgIpc) is 2.77. The molecular weight excluding hydrogens is 443 g/mol. The van der Waals surface area contributed by atoms with E-state index in [1.54, 1.807) is 43.3 Å². The number of halogens is 2. The van der Waals surface area contributed by atoms with Gasteiger partial charge in [-0.25, -0.2) is 12.8 Å². The van der Waals surface area contributed by atoms with Crippen molar-refractivity contribution in [1.29, 1.82) is 0 Å². The summed E-state index contributed by atoms with van der Waals surface area (Å²) in [6.07, 6.45) is 0. The monoisotopic (exact) mass is 462 g/mol. The Morgan fingerprint density at radius 3 is 2.52 bits per heavy atom. The summed E-state index contributed by atoms with van der Waals surface area (Å²) in [6, 6.07) is 12.8. The van der Waals surface area contributed by atoms with Crippen molar-refractivity contribution >= 4 is 33.1 Å². The first-order chi connectivity index (χ1) is 14.8. The van der Waals surface area contributed by atoms with Gasteiger partial charge in [-0.1, -0.05) is 23.7 Å². The number of morpholine rings is 1. The number of anilines is 2. The molecule has 0 unspecified atom stereocenters. The Bertz CT molecular complexity index is 1200. The van der Waals surface area contributed by atoms with Crippen LogP contribution in [0.2, 0.25) is 5.02 Å². The second kappa shape index (κ2) is 8.88. The molecule has 3 aromatic rings. The lowest BCUT2D eigenvalue weighted by atomic mass is 10.1. The van der Waals surface area contributed by atoms with E-state index in [2.05, 4.69) is 15.5 Å². The fourth-order valence-electron chi connectivity index (χ4n) is 3.25. The first-order valence-electron chi connectivity index (χ1n) is 9.59. The Morgan fingerprint density at radius 1 is 1.06 bits per heavy atom. The van der Waals surface area contributed by atoms with E-state index in [9.17, 15) is 12.8 Å². The standard InChI is InChI=1S/C21H20ClFN4O3S/c1-14-2-3-15(12-20(14)31(28,29)27-8-10-30-11-9-27)18-6-7-21(26-25-18)24-19-5-4-16(22)13-17(19)23/h2-7,12-13H,8-11H2,1H3,(H,24,26). The maximum Gasteiger partial charge on any atom is 0.243 e. The lowest BCUT2D eigenvalue weighted by Gasteiger charge is -2.26. The third kappa shape index (κ3) is 4.69. The molecule has 4 rings (SSSR count). The van der Waals surface area contributed by atoms with Crippen LogP contribution in [-0.4, -0.2) is 49.2 Å². The van der Waals surface area contributed by atoms with Crippen LogP contribution in [-0.2, 0) is 14.8 Å². The van der Waals surface area contributed by atoms with Gasteiger partial charge in [-0.3, -0.25) is 0 Å². The Kier molecular flexibility index (Phi) is 6.19. The van der Waals surface area contributed by atoms with Crippen LogP contribution in [0.15, 0.2) is 53.4 Å². The molecule has 2 heterocycles. The van der Waals surface area contributed by atoms with Gasteiger partial charge in [-0.05, 0) is 48.9 Å². The highest BCUT2D eigenvalue weighted by molar-refractivity contribution is 7.89. The third-order valence-electron chi connectivity index (χ3n) is 4.93. The van der Waals surface area contributed by atoms with Gasteiger partial charge in [0.15, 0.2) is 5.82 Å². The lowest BCUT2D eigenvalue weighted by Crippen LogP contribution is -2.40. The van der Waals surface area contributed by atoms with E-state index in [4.69, 9.17) is 16.3 Å². The Balaban J connectivity index is 1.59. The van der Waals surface area contributed by atoms with Gasteiger partial charge < -0.3 is 10.1 Å². The number of nitrogens with zero attached hydrogens (tertiary/aromatic N) is 3. The fraction of sp³-hybridized carbons (Fsp3) is 0.238. The number of sulfonamides is 1. The molecule has 0 bridgehead atoms. The van der Waals surface area contributed by atoms with Crippen molar-refractivity contribution in [2.24, 2.45) is 0 Å². The van der Waals surface area contributed by atoms with Gasteiger partial charge in [0.2, 0.25) is 10.0 Å². The largest absolute Gasteiger partial charge is 0.379 e. The molecule has 10 heteroatoms. The normalized spacial score (nSPS) is 15.1. The predicted octanol–water partition coefficient (Wildman–Crippen LogP) is 4.01. The molecule has 0 aliphatic carbocycles. The number of rotatable bonds is 5. The summed E-state index contributed by atoms with van der Waals surface area (Å²) in [5.74, 6) is -0.159. The molecule has 1 aliphatic rings. The van der Waals surface area contributed by atoms with Crippen molar-refractivity contribution in [3.8, 4) is 11.3 Å². The number of hydrogen-bond donors (Lipinski definition) is 1. The van der Waals surface area contributed by atoms with Crippen LogP contribution in [0.25, 0.3) is 11.3 Å². The minimum absolute atomic E-state index is 0.223. The number of nitrogens with one attached hydrogen (secondary N) is 1.